The lowest BCUT2D eigenvalue weighted by Crippen LogP contribution is -2.30. The van der Waals surface area contributed by atoms with Gasteiger partial charge in [-0.15, -0.1) is 0 Å². The van der Waals surface area contributed by atoms with Crippen LogP contribution in [-0.4, -0.2) is 24.0 Å². The molecule has 0 bridgehead atoms. The predicted octanol–water partition coefficient (Wildman–Crippen LogP) is 5.39. The van der Waals surface area contributed by atoms with Crippen molar-refractivity contribution in [3.63, 3.8) is 0 Å². The number of hydrogen-bond donors (Lipinski definition) is 0. The van der Waals surface area contributed by atoms with E-state index in [1.807, 2.05) is 24.3 Å². The van der Waals surface area contributed by atoms with Gasteiger partial charge >= 0.3 is 0 Å². The van der Waals surface area contributed by atoms with Gasteiger partial charge in [0.1, 0.15) is 11.3 Å². The zero-order chi connectivity index (χ0) is 17.9. The third-order valence-corrected chi connectivity index (χ3v) is 5.53. The van der Waals surface area contributed by atoms with E-state index in [1.165, 1.54) is 25.8 Å². The minimum absolute atomic E-state index is 0.688. The van der Waals surface area contributed by atoms with Gasteiger partial charge in [0.05, 0.1) is 11.6 Å². The summed E-state index contributed by atoms with van der Waals surface area (Å²) in [4.78, 5) is 2.61. The van der Waals surface area contributed by atoms with E-state index in [-0.39, 0.29) is 0 Å². The van der Waals surface area contributed by atoms with Gasteiger partial charge in [0.15, 0.2) is 0 Å². The van der Waals surface area contributed by atoms with Crippen molar-refractivity contribution in [3.8, 4) is 17.2 Å². The van der Waals surface area contributed by atoms with E-state index in [0.717, 1.165) is 46.9 Å². The van der Waals surface area contributed by atoms with Crippen LogP contribution in [0.15, 0.2) is 52.9 Å². The van der Waals surface area contributed by atoms with Crippen molar-refractivity contribution < 1.29 is 4.42 Å². The Labute approximate surface area is 154 Å². The maximum atomic E-state index is 8.94. The highest BCUT2D eigenvalue weighted by Gasteiger charge is 2.22. The fourth-order valence-electron chi connectivity index (χ4n) is 4.04. The monoisotopic (exact) mass is 344 g/mol. The molecular formula is C23H24N2O. The summed E-state index contributed by atoms with van der Waals surface area (Å²) in [5.74, 6) is 1.07. The van der Waals surface area contributed by atoms with Crippen LogP contribution < -0.4 is 0 Å². The number of nitrogens with zero attached hydrogens (tertiary/aromatic N) is 2. The van der Waals surface area contributed by atoms with Crippen LogP contribution in [-0.2, 0) is 6.42 Å². The van der Waals surface area contributed by atoms with E-state index in [1.54, 1.807) is 0 Å². The van der Waals surface area contributed by atoms with Crippen molar-refractivity contribution in [3.05, 3.63) is 59.9 Å². The zero-order valence-corrected chi connectivity index (χ0v) is 15.2. The van der Waals surface area contributed by atoms with Gasteiger partial charge in [-0.25, -0.2) is 0 Å². The molecule has 26 heavy (non-hydrogen) atoms. The summed E-state index contributed by atoms with van der Waals surface area (Å²) in [6, 6.07) is 19.1. The molecule has 4 rings (SSSR count). The van der Waals surface area contributed by atoms with Gasteiger partial charge in [-0.2, -0.15) is 5.26 Å². The van der Waals surface area contributed by atoms with Gasteiger partial charge < -0.3 is 4.42 Å². The molecule has 3 aromatic rings. The molecule has 1 saturated heterocycles. The molecule has 1 aliphatic rings. The molecule has 3 nitrogen and oxygen atoms in total. The lowest BCUT2D eigenvalue weighted by Gasteiger charge is -2.22. The number of benzene rings is 2. The van der Waals surface area contributed by atoms with E-state index in [9.17, 15) is 0 Å². The summed E-state index contributed by atoms with van der Waals surface area (Å²) >= 11 is 0. The van der Waals surface area contributed by atoms with Crippen LogP contribution in [0.1, 0.15) is 37.5 Å². The average Bonchev–Trinajstić information content (AvgIpc) is 3.31. The fourth-order valence-corrected chi connectivity index (χ4v) is 4.04. The highest BCUT2D eigenvalue weighted by molar-refractivity contribution is 5.84. The highest BCUT2D eigenvalue weighted by atomic mass is 16.3. The molecule has 0 aliphatic carbocycles. The molecule has 1 atom stereocenters. The molecule has 0 saturated carbocycles. The third-order valence-electron chi connectivity index (χ3n) is 5.53. The normalized spacial score (nSPS) is 17.6. The highest BCUT2D eigenvalue weighted by Crippen LogP contribution is 2.28. The van der Waals surface area contributed by atoms with Gasteiger partial charge in [0, 0.05) is 24.4 Å². The van der Waals surface area contributed by atoms with Crippen LogP contribution in [0.3, 0.4) is 0 Å². The Hall–Kier alpha value is -2.57. The molecule has 0 radical (unpaired) electrons. The smallest absolute Gasteiger partial charge is 0.134 e. The van der Waals surface area contributed by atoms with Crippen LogP contribution in [0.5, 0.6) is 0 Å². The van der Waals surface area contributed by atoms with Gasteiger partial charge in [0.25, 0.3) is 0 Å². The second-order valence-corrected chi connectivity index (χ2v) is 7.14. The van der Waals surface area contributed by atoms with Crippen molar-refractivity contribution in [2.24, 2.45) is 0 Å². The minimum atomic E-state index is 0.688. The quantitative estimate of drug-likeness (QED) is 0.623. The van der Waals surface area contributed by atoms with E-state index >= 15 is 0 Å². The molecule has 0 spiro atoms. The summed E-state index contributed by atoms with van der Waals surface area (Å²) < 4.78 is 6.05. The number of hydrogen-bond acceptors (Lipinski definition) is 3. The summed E-state index contributed by atoms with van der Waals surface area (Å²) in [7, 11) is 0. The average molecular weight is 344 g/mol. The standard InChI is InChI=1S/C23H24N2O/c1-2-21-4-3-12-25(21)13-11-22-15-20-14-19(9-10-23(20)26-22)18-7-5-17(16-24)6-8-18/h5-10,14-15,21H,2-4,11-13H2,1H3. The number of fused-ring (bicyclic) bond motifs is 1. The van der Waals surface area contributed by atoms with E-state index < -0.39 is 0 Å². The lowest BCUT2D eigenvalue weighted by atomic mass is 10.0. The van der Waals surface area contributed by atoms with Gasteiger partial charge in [-0.1, -0.05) is 25.1 Å². The molecule has 2 aromatic carbocycles. The van der Waals surface area contributed by atoms with E-state index in [4.69, 9.17) is 9.68 Å². The fraction of sp³-hybridized carbons (Fsp3) is 0.348. The van der Waals surface area contributed by atoms with E-state index in [0.29, 0.717) is 5.56 Å². The summed E-state index contributed by atoms with van der Waals surface area (Å²) in [6.07, 6.45) is 4.88. The summed E-state index contributed by atoms with van der Waals surface area (Å²) in [5.41, 5.74) is 3.91. The molecule has 1 unspecified atom stereocenters. The molecule has 3 heteroatoms. The molecule has 0 amide bonds. The van der Waals surface area contributed by atoms with Gasteiger partial charge in [-0.3, -0.25) is 4.90 Å². The Bertz CT molecular complexity index is 933. The maximum absolute atomic E-state index is 8.94. The molecule has 1 fully saturated rings. The summed E-state index contributed by atoms with van der Waals surface area (Å²) in [6.45, 7) is 4.59. The zero-order valence-electron chi connectivity index (χ0n) is 15.2. The lowest BCUT2D eigenvalue weighted by molar-refractivity contribution is 0.247. The minimum Gasteiger partial charge on any atom is -0.461 e. The van der Waals surface area contributed by atoms with Crippen LogP contribution in [0.25, 0.3) is 22.1 Å². The molecule has 2 heterocycles. The summed E-state index contributed by atoms with van der Waals surface area (Å²) in [5, 5.41) is 10.1. The first-order valence-corrected chi connectivity index (χ1v) is 9.54. The first-order valence-electron chi connectivity index (χ1n) is 9.54. The Morgan fingerprint density at radius 3 is 2.69 bits per heavy atom. The SMILES string of the molecule is CCC1CCCN1CCc1cc2cc(-c3ccc(C#N)cc3)ccc2o1. The topological polar surface area (TPSA) is 40.2 Å². The van der Waals surface area contributed by atoms with Crippen molar-refractivity contribution >= 4 is 11.0 Å². The largest absolute Gasteiger partial charge is 0.461 e. The van der Waals surface area contributed by atoms with Crippen molar-refractivity contribution in [1.29, 1.82) is 5.26 Å². The second kappa shape index (κ2) is 7.35. The van der Waals surface area contributed by atoms with Crippen molar-refractivity contribution in [2.45, 2.75) is 38.6 Å². The number of furan rings is 1. The first-order chi connectivity index (χ1) is 12.8. The van der Waals surface area contributed by atoms with Crippen LogP contribution >= 0.6 is 0 Å². The van der Waals surface area contributed by atoms with Crippen LogP contribution in [0.2, 0.25) is 0 Å². The molecule has 0 N–H and O–H groups in total. The van der Waals surface area contributed by atoms with Gasteiger partial charge in [-0.05, 0) is 67.3 Å². The predicted molar refractivity (Wildman–Crippen MR) is 105 cm³/mol. The Morgan fingerprint density at radius 2 is 1.92 bits per heavy atom. The molecule has 132 valence electrons. The molecule has 1 aliphatic heterocycles. The second-order valence-electron chi connectivity index (χ2n) is 7.14. The maximum Gasteiger partial charge on any atom is 0.134 e. The van der Waals surface area contributed by atoms with Crippen LogP contribution in [0, 0.1) is 11.3 Å². The van der Waals surface area contributed by atoms with Crippen molar-refractivity contribution in [1.82, 2.24) is 4.90 Å². The Kier molecular flexibility index (Phi) is 4.77. The Morgan fingerprint density at radius 1 is 1.12 bits per heavy atom. The number of nitriles is 1. The first kappa shape index (κ1) is 16.9. The number of likely N-dealkylation sites (tertiary alicyclic amines) is 1. The molecule has 1 aromatic heterocycles. The van der Waals surface area contributed by atoms with Crippen LogP contribution in [0.4, 0.5) is 0 Å². The Balaban J connectivity index is 1.51. The van der Waals surface area contributed by atoms with Gasteiger partial charge in [0.2, 0.25) is 0 Å². The molecular weight excluding hydrogens is 320 g/mol. The third kappa shape index (κ3) is 3.38. The van der Waals surface area contributed by atoms with E-state index in [2.05, 4.69) is 42.2 Å². The number of rotatable bonds is 5. The van der Waals surface area contributed by atoms with Crippen molar-refractivity contribution in [2.75, 3.05) is 13.1 Å².